The highest BCUT2D eigenvalue weighted by molar-refractivity contribution is 5.99. The highest BCUT2D eigenvalue weighted by Crippen LogP contribution is 2.25. The second kappa shape index (κ2) is 19.2. The predicted octanol–water partition coefficient (Wildman–Crippen LogP) is 3.67. The second-order valence-electron chi connectivity index (χ2n) is 16.6. The van der Waals surface area contributed by atoms with Crippen LogP contribution in [0.3, 0.4) is 0 Å². The van der Waals surface area contributed by atoms with E-state index in [4.69, 9.17) is 0 Å². The van der Waals surface area contributed by atoms with Gasteiger partial charge < -0.3 is 36.1 Å². The van der Waals surface area contributed by atoms with E-state index < -0.39 is 71.7 Å². The summed E-state index contributed by atoms with van der Waals surface area (Å²) in [7, 11) is 1.57. The second-order valence-corrected chi connectivity index (χ2v) is 16.6. The van der Waals surface area contributed by atoms with Crippen molar-refractivity contribution in [2.24, 2.45) is 11.8 Å². The minimum atomic E-state index is -1.17. The van der Waals surface area contributed by atoms with Crippen LogP contribution in [-0.4, -0.2) is 100 Å². The van der Waals surface area contributed by atoms with Crippen molar-refractivity contribution in [2.45, 2.75) is 102 Å². The number of benzene rings is 3. The number of aromatic amines is 1. The number of nitrogens with zero attached hydrogens (tertiary/aromatic N) is 2. The molecule has 5 N–H and O–H groups in total. The van der Waals surface area contributed by atoms with Crippen molar-refractivity contribution < 1.29 is 28.8 Å². The molecule has 3 heterocycles. The van der Waals surface area contributed by atoms with Crippen LogP contribution in [0.25, 0.3) is 10.9 Å². The zero-order valence-electron chi connectivity index (χ0n) is 34.6. The molecule has 1 aromatic heterocycles. The van der Waals surface area contributed by atoms with E-state index in [2.05, 4.69) is 26.3 Å². The van der Waals surface area contributed by atoms with E-state index in [0.717, 1.165) is 27.6 Å². The molecule has 2 aliphatic heterocycles. The number of H-pyrrole nitrogens is 1. The Morgan fingerprint density at radius 3 is 1.73 bits per heavy atom. The normalized spacial score (nSPS) is 24.1. The molecule has 6 amide bonds. The summed E-state index contributed by atoms with van der Waals surface area (Å²) in [5, 5.41) is 12.6. The molecule has 0 radical (unpaired) electrons. The minimum absolute atomic E-state index is 0.0116. The fourth-order valence-electron chi connectivity index (χ4n) is 8.17. The fourth-order valence-corrected chi connectivity index (χ4v) is 8.17. The Labute approximate surface area is 346 Å². The van der Waals surface area contributed by atoms with Gasteiger partial charge >= 0.3 is 0 Å². The number of fused-ring (bicyclic) bond motifs is 2. The number of rotatable bonds is 9. The number of para-hydroxylation sites is 1. The van der Waals surface area contributed by atoms with Crippen LogP contribution in [0.4, 0.5) is 0 Å². The molecule has 2 fully saturated rings. The third kappa shape index (κ3) is 10.4. The molecule has 312 valence electrons. The van der Waals surface area contributed by atoms with Crippen LogP contribution in [0.15, 0.2) is 91.1 Å². The van der Waals surface area contributed by atoms with Crippen molar-refractivity contribution in [3.63, 3.8) is 0 Å². The van der Waals surface area contributed by atoms with E-state index in [1.165, 1.54) is 9.80 Å². The van der Waals surface area contributed by atoms with E-state index in [0.29, 0.717) is 25.8 Å². The lowest BCUT2D eigenvalue weighted by atomic mass is 9.96. The molecule has 2 aliphatic rings. The lowest BCUT2D eigenvalue weighted by Crippen LogP contribution is -2.62. The molecule has 13 heteroatoms. The molecule has 0 unspecified atom stereocenters. The number of amides is 6. The van der Waals surface area contributed by atoms with E-state index in [1.807, 2.05) is 113 Å². The van der Waals surface area contributed by atoms with Gasteiger partial charge in [0.05, 0.1) is 0 Å². The van der Waals surface area contributed by atoms with E-state index in [-0.39, 0.29) is 31.1 Å². The quantitative estimate of drug-likeness (QED) is 0.173. The third-order valence-corrected chi connectivity index (χ3v) is 11.4. The first-order chi connectivity index (χ1) is 28.3. The lowest BCUT2D eigenvalue weighted by Gasteiger charge is -2.37. The summed E-state index contributed by atoms with van der Waals surface area (Å²) in [4.78, 5) is 93.1. The number of aromatic nitrogens is 1. The van der Waals surface area contributed by atoms with Gasteiger partial charge in [0.15, 0.2) is 0 Å². The van der Waals surface area contributed by atoms with Crippen LogP contribution in [-0.2, 0) is 48.0 Å². The number of nitrogens with one attached hydrogen (secondary N) is 5. The maximum atomic E-state index is 14.6. The summed E-state index contributed by atoms with van der Waals surface area (Å²) in [6.07, 6.45) is 3.34. The van der Waals surface area contributed by atoms with Gasteiger partial charge in [0, 0.05) is 50.0 Å². The van der Waals surface area contributed by atoms with E-state index >= 15 is 0 Å². The Kier molecular flexibility index (Phi) is 13.9. The smallest absolute Gasteiger partial charge is 0.246 e. The van der Waals surface area contributed by atoms with Gasteiger partial charge in [-0.1, -0.05) is 107 Å². The molecule has 6 atom stereocenters. The SMILES string of the molecule is CC(C)C[C@H]1C(=O)N2CCC[C@H]2C(=O)N[C@@H](Cc2ccccc2)C(=O)N[C@@H](Cc2ccccc2)C(=O)N[C@@H](Cc2c[nH]c3ccccc23)C(=O)N[C@@H](C(C)C)C(=O)N1C. The van der Waals surface area contributed by atoms with Gasteiger partial charge in [0.25, 0.3) is 0 Å². The zero-order valence-corrected chi connectivity index (χ0v) is 34.6. The van der Waals surface area contributed by atoms with Crippen molar-refractivity contribution in [3.05, 3.63) is 108 Å². The molecule has 6 rings (SSSR count). The zero-order chi connectivity index (χ0) is 42.2. The molecule has 0 saturated carbocycles. The van der Waals surface area contributed by atoms with Crippen molar-refractivity contribution in [1.29, 1.82) is 0 Å². The molecule has 13 nitrogen and oxygen atoms in total. The molecule has 3 aromatic carbocycles. The van der Waals surface area contributed by atoms with Crippen LogP contribution in [0.1, 0.15) is 63.6 Å². The third-order valence-electron chi connectivity index (χ3n) is 11.4. The average molecular weight is 804 g/mol. The van der Waals surface area contributed by atoms with Gasteiger partial charge in [0.2, 0.25) is 35.4 Å². The summed E-state index contributed by atoms with van der Waals surface area (Å²) in [6, 6.07) is 19.8. The Hall–Kier alpha value is -5.98. The van der Waals surface area contributed by atoms with Gasteiger partial charge in [0.1, 0.15) is 36.3 Å². The molecule has 0 aliphatic carbocycles. The van der Waals surface area contributed by atoms with Gasteiger partial charge in [-0.25, -0.2) is 0 Å². The molecular weight excluding hydrogens is 747 g/mol. The van der Waals surface area contributed by atoms with Gasteiger partial charge in [-0.3, -0.25) is 28.8 Å². The highest BCUT2D eigenvalue weighted by atomic mass is 16.2. The van der Waals surface area contributed by atoms with Crippen LogP contribution in [0, 0.1) is 11.8 Å². The number of carbonyl (C=O) groups excluding carboxylic acids is 6. The van der Waals surface area contributed by atoms with Crippen LogP contribution < -0.4 is 21.3 Å². The summed E-state index contributed by atoms with van der Waals surface area (Å²) >= 11 is 0. The maximum Gasteiger partial charge on any atom is 0.246 e. The Morgan fingerprint density at radius 2 is 1.15 bits per heavy atom. The van der Waals surface area contributed by atoms with Crippen molar-refractivity contribution >= 4 is 46.3 Å². The van der Waals surface area contributed by atoms with Crippen LogP contribution in [0.5, 0.6) is 0 Å². The van der Waals surface area contributed by atoms with Crippen molar-refractivity contribution in [3.8, 4) is 0 Å². The molecule has 2 saturated heterocycles. The van der Waals surface area contributed by atoms with Gasteiger partial charge in [-0.15, -0.1) is 0 Å². The van der Waals surface area contributed by atoms with Gasteiger partial charge in [-0.05, 0) is 53.9 Å². The standard InChI is InChI=1S/C46H57N7O6/c1-28(2)23-39-45(58)53-22-14-21-38(53)44(57)50-36(25-31-17-10-7-11-18-31)42(55)48-35(24-30-15-8-6-9-16-30)41(54)49-37(26-32-27-47-34-20-13-12-19-33(32)34)43(56)51-40(29(3)4)46(59)52(39)5/h6-13,15-20,27-29,35-40,47H,14,21-26H2,1-5H3,(H,48,55)(H,49,54)(H,50,57)(H,51,56)/t35-,36-,37-,38-,39-,40-/m0/s1. The molecule has 0 spiro atoms. The van der Waals surface area contributed by atoms with Crippen LogP contribution >= 0.6 is 0 Å². The Bertz CT molecular complexity index is 2120. The Balaban J connectivity index is 1.43. The molecule has 0 bridgehead atoms. The average Bonchev–Trinajstić information content (AvgIpc) is 3.88. The first-order valence-corrected chi connectivity index (χ1v) is 20.7. The Morgan fingerprint density at radius 1 is 0.627 bits per heavy atom. The molecular formula is C46H57N7O6. The molecule has 59 heavy (non-hydrogen) atoms. The lowest BCUT2D eigenvalue weighted by molar-refractivity contribution is -0.150. The number of likely N-dealkylation sites (N-methyl/N-ethyl adjacent to an activating group) is 1. The number of carbonyl (C=O) groups is 6. The minimum Gasteiger partial charge on any atom is -0.361 e. The predicted molar refractivity (Wildman–Crippen MR) is 226 cm³/mol. The largest absolute Gasteiger partial charge is 0.361 e. The van der Waals surface area contributed by atoms with E-state index in [9.17, 15) is 28.8 Å². The highest BCUT2D eigenvalue weighted by Gasteiger charge is 2.43. The topological polar surface area (TPSA) is 173 Å². The summed E-state index contributed by atoms with van der Waals surface area (Å²) in [5.74, 6) is -3.47. The molecule has 4 aromatic rings. The summed E-state index contributed by atoms with van der Waals surface area (Å²) < 4.78 is 0. The number of hydrogen-bond donors (Lipinski definition) is 5. The summed E-state index contributed by atoms with van der Waals surface area (Å²) in [5.41, 5.74) is 3.17. The van der Waals surface area contributed by atoms with E-state index in [1.54, 1.807) is 13.2 Å². The van der Waals surface area contributed by atoms with Crippen molar-refractivity contribution in [2.75, 3.05) is 13.6 Å². The van der Waals surface area contributed by atoms with Gasteiger partial charge in [-0.2, -0.15) is 0 Å². The maximum absolute atomic E-state index is 14.6. The fraction of sp³-hybridized carbons (Fsp3) is 0.435. The first kappa shape index (κ1) is 42.6. The number of hydrogen-bond acceptors (Lipinski definition) is 6. The van der Waals surface area contributed by atoms with Crippen molar-refractivity contribution in [1.82, 2.24) is 36.1 Å². The first-order valence-electron chi connectivity index (χ1n) is 20.7. The van der Waals surface area contributed by atoms with Crippen LogP contribution in [0.2, 0.25) is 0 Å². The monoisotopic (exact) mass is 803 g/mol. The summed E-state index contributed by atoms with van der Waals surface area (Å²) in [6.45, 7) is 7.86.